The average Bonchev–Trinajstić information content (AvgIpc) is 2.43. The lowest BCUT2D eigenvalue weighted by molar-refractivity contribution is -0.117. The largest absolute Gasteiger partial charge is 0.478 e. The summed E-state index contributed by atoms with van der Waals surface area (Å²) in [5.41, 5.74) is 0.152. The Morgan fingerprint density at radius 1 is 1.35 bits per heavy atom. The Kier molecular flexibility index (Phi) is 6.31. The molecule has 3 N–H and O–H groups in total. The molecule has 20 heavy (non-hydrogen) atoms. The second-order valence-corrected chi connectivity index (χ2v) is 4.72. The molecule has 6 nitrogen and oxygen atoms in total. The van der Waals surface area contributed by atoms with Crippen LogP contribution >= 0.6 is 11.8 Å². The quantitative estimate of drug-likeness (QED) is 0.545. The summed E-state index contributed by atoms with van der Waals surface area (Å²) in [7, 11) is 0. The summed E-state index contributed by atoms with van der Waals surface area (Å²) in [5, 5.41) is 13.4. The molecule has 0 heterocycles. The summed E-state index contributed by atoms with van der Waals surface area (Å²) in [6, 6.07) is 5.64. The van der Waals surface area contributed by atoms with Crippen molar-refractivity contribution in [3.63, 3.8) is 0 Å². The Bertz CT molecular complexity index is 531. The van der Waals surface area contributed by atoms with E-state index < -0.39 is 17.9 Å². The molecule has 106 valence electrons. The van der Waals surface area contributed by atoms with Crippen LogP contribution in [0.25, 0.3) is 0 Å². The van der Waals surface area contributed by atoms with Gasteiger partial charge in [0.05, 0.1) is 11.3 Å². The highest BCUT2D eigenvalue weighted by Crippen LogP contribution is 2.18. The monoisotopic (exact) mass is 294 g/mol. The van der Waals surface area contributed by atoms with Gasteiger partial charge in [0.25, 0.3) is 0 Å². The summed E-state index contributed by atoms with van der Waals surface area (Å²) in [6.45, 7) is 3.70. The van der Waals surface area contributed by atoms with Gasteiger partial charge in [-0.1, -0.05) is 12.1 Å². The Balaban J connectivity index is 2.44. The SMILES string of the molecule is C=CCNC(=O)NC(=O)CSc1cccc(C(=O)O)c1. The number of carboxylic acids is 1. The minimum absolute atomic E-state index is 0.0184. The maximum absolute atomic E-state index is 11.5. The first-order valence-corrected chi connectivity index (χ1v) is 6.66. The van der Waals surface area contributed by atoms with E-state index in [2.05, 4.69) is 17.2 Å². The van der Waals surface area contributed by atoms with Gasteiger partial charge in [0.2, 0.25) is 5.91 Å². The van der Waals surface area contributed by atoms with Crippen molar-refractivity contribution < 1.29 is 19.5 Å². The fourth-order valence-corrected chi connectivity index (χ4v) is 1.99. The Morgan fingerprint density at radius 2 is 2.10 bits per heavy atom. The minimum Gasteiger partial charge on any atom is -0.478 e. The van der Waals surface area contributed by atoms with Crippen molar-refractivity contribution in [3.8, 4) is 0 Å². The molecule has 0 atom stereocenters. The number of aromatic carboxylic acids is 1. The van der Waals surface area contributed by atoms with Crippen molar-refractivity contribution in [3.05, 3.63) is 42.5 Å². The lowest BCUT2D eigenvalue weighted by Gasteiger charge is -2.05. The van der Waals surface area contributed by atoms with Crippen molar-refractivity contribution >= 4 is 29.7 Å². The van der Waals surface area contributed by atoms with Crippen LogP contribution in [-0.2, 0) is 4.79 Å². The molecular weight excluding hydrogens is 280 g/mol. The van der Waals surface area contributed by atoms with E-state index in [9.17, 15) is 14.4 Å². The molecule has 0 radical (unpaired) electrons. The number of hydrogen-bond acceptors (Lipinski definition) is 4. The number of carboxylic acid groups (broad SMARTS) is 1. The molecule has 3 amide bonds. The van der Waals surface area contributed by atoms with E-state index >= 15 is 0 Å². The molecule has 0 unspecified atom stereocenters. The number of urea groups is 1. The van der Waals surface area contributed by atoms with Gasteiger partial charge in [0, 0.05) is 11.4 Å². The van der Waals surface area contributed by atoms with Crippen LogP contribution in [0, 0.1) is 0 Å². The van der Waals surface area contributed by atoms with E-state index in [0.29, 0.717) is 4.90 Å². The standard InChI is InChI=1S/C13H14N2O4S/c1-2-6-14-13(19)15-11(16)8-20-10-5-3-4-9(7-10)12(17)18/h2-5,7H,1,6,8H2,(H,17,18)(H2,14,15,16,19). The molecule has 7 heteroatoms. The molecule has 0 saturated heterocycles. The molecule has 0 aromatic heterocycles. The van der Waals surface area contributed by atoms with Gasteiger partial charge in [0.15, 0.2) is 0 Å². The van der Waals surface area contributed by atoms with E-state index in [4.69, 9.17) is 5.11 Å². The van der Waals surface area contributed by atoms with E-state index in [0.717, 1.165) is 11.8 Å². The molecule has 0 fully saturated rings. The van der Waals surface area contributed by atoms with Crippen molar-refractivity contribution in [2.75, 3.05) is 12.3 Å². The molecule has 0 spiro atoms. The molecule has 1 rings (SSSR count). The van der Waals surface area contributed by atoms with Gasteiger partial charge in [-0.2, -0.15) is 0 Å². The fraction of sp³-hybridized carbons (Fsp3) is 0.154. The third kappa shape index (κ3) is 5.57. The van der Waals surface area contributed by atoms with Crippen LogP contribution in [0.1, 0.15) is 10.4 Å². The van der Waals surface area contributed by atoms with Gasteiger partial charge >= 0.3 is 12.0 Å². The molecule has 0 aliphatic carbocycles. The second-order valence-electron chi connectivity index (χ2n) is 3.67. The summed E-state index contributed by atoms with van der Waals surface area (Å²) < 4.78 is 0. The zero-order chi connectivity index (χ0) is 15.0. The Morgan fingerprint density at radius 3 is 2.75 bits per heavy atom. The second kappa shape index (κ2) is 8.00. The maximum Gasteiger partial charge on any atom is 0.335 e. The maximum atomic E-state index is 11.5. The molecule has 0 bridgehead atoms. The van der Waals surface area contributed by atoms with Crippen molar-refractivity contribution in [2.45, 2.75) is 4.90 Å². The van der Waals surface area contributed by atoms with Gasteiger partial charge < -0.3 is 10.4 Å². The topological polar surface area (TPSA) is 95.5 Å². The molecule has 1 aromatic rings. The van der Waals surface area contributed by atoms with Crippen LogP contribution in [0.15, 0.2) is 41.8 Å². The third-order valence-corrected chi connectivity index (χ3v) is 3.10. The van der Waals surface area contributed by atoms with Crippen LogP contribution in [0.2, 0.25) is 0 Å². The zero-order valence-electron chi connectivity index (χ0n) is 10.6. The number of imide groups is 1. The van der Waals surface area contributed by atoms with Crippen LogP contribution < -0.4 is 10.6 Å². The van der Waals surface area contributed by atoms with Crippen molar-refractivity contribution in [1.29, 1.82) is 0 Å². The summed E-state index contributed by atoms with van der Waals surface area (Å²) >= 11 is 1.15. The number of hydrogen-bond donors (Lipinski definition) is 3. The number of carbonyl (C=O) groups excluding carboxylic acids is 2. The predicted octanol–water partition coefficient (Wildman–Crippen LogP) is 1.49. The van der Waals surface area contributed by atoms with E-state index in [-0.39, 0.29) is 17.9 Å². The molecule has 0 aliphatic rings. The van der Waals surface area contributed by atoms with Crippen LogP contribution in [0.5, 0.6) is 0 Å². The lowest BCUT2D eigenvalue weighted by atomic mass is 10.2. The summed E-state index contributed by atoms with van der Waals surface area (Å²) in [4.78, 5) is 34.1. The normalized spacial score (nSPS) is 9.60. The van der Waals surface area contributed by atoms with Crippen molar-refractivity contribution in [2.24, 2.45) is 0 Å². The van der Waals surface area contributed by atoms with Crippen LogP contribution in [0.3, 0.4) is 0 Å². The van der Waals surface area contributed by atoms with Gasteiger partial charge in [-0.25, -0.2) is 9.59 Å². The van der Waals surface area contributed by atoms with Gasteiger partial charge in [-0.05, 0) is 18.2 Å². The van der Waals surface area contributed by atoms with Gasteiger partial charge in [0.1, 0.15) is 0 Å². The van der Waals surface area contributed by atoms with E-state index in [1.54, 1.807) is 12.1 Å². The zero-order valence-corrected chi connectivity index (χ0v) is 11.4. The van der Waals surface area contributed by atoms with E-state index in [1.165, 1.54) is 18.2 Å². The number of rotatable bonds is 6. The fourth-order valence-electron chi connectivity index (χ4n) is 1.24. The highest BCUT2D eigenvalue weighted by Gasteiger charge is 2.08. The summed E-state index contributed by atoms with van der Waals surface area (Å²) in [6.07, 6.45) is 1.50. The lowest BCUT2D eigenvalue weighted by Crippen LogP contribution is -2.40. The minimum atomic E-state index is -1.03. The molecule has 1 aromatic carbocycles. The first kappa shape index (κ1) is 15.8. The number of thioether (sulfide) groups is 1. The van der Waals surface area contributed by atoms with Crippen LogP contribution in [0.4, 0.5) is 4.79 Å². The molecule has 0 aliphatic heterocycles. The number of amides is 3. The Labute approximate surface area is 120 Å². The number of benzene rings is 1. The highest BCUT2D eigenvalue weighted by molar-refractivity contribution is 8.00. The average molecular weight is 294 g/mol. The first-order chi connectivity index (χ1) is 9.52. The van der Waals surface area contributed by atoms with Crippen molar-refractivity contribution in [1.82, 2.24) is 10.6 Å². The highest BCUT2D eigenvalue weighted by atomic mass is 32.2. The van der Waals surface area contributed by atoms with E-state index in [1.807, 2.05) is 0 Å². The predicted molar refractivity (Wildman–Crippen MR) is 75.9 cm³/mol. The smallest absolute Gasteiger partial charge is 0.335 e. The third-order valence-electron chi connectivity index (χ3n) is 2.11. The number of carbonyl (C=O) groups is 3. The molecular formula is C13H14N2O4S. The van der Waals surface area contributed by atoms with Gasteiger partial charge in [-0.3, -0.25) is 10.1 Å². The number of nitrogens with one attached hydrogen (secondary N) is 2. The Hall–Kier alpha value is -2.28. The van der Waals surface area contributed by atoms with Crippen LogP contribution in [-0.4, -0.2) is 35.3 Å². The molecule has 0 saturated carbocycles. The first-order valence-electron chi connectivity index (χ1n) is 5.67. The van der Waals surface area contributed by atoms with Gasteiger partial charge in [-0.15, -0.1) is 18.3 Å². The summed E-state index contributed by atoms with van der Waals surface area (Å²) in [5.74, 6) is -1.47.